The van der Waals surface area contributed by atoms with Crippen molar-refractivity contribution in [1.29, 1.82) is 0 Å². The van der Waals surface area contributed by atoms with Gasteiger partial charge in [-0.25, -0.2) is 9.36 Å². The van der Waals surface area contributed by atoms with Crippen molar-refractivity contribution < 1.29 is 18.0 Å². The van der Waals surface area contributed by atoms with E-state index in [1.165, 1.54) is 12.1 Å². The van der Waals surface area contributed by atoms with E-state index in [1.807, 2.05) is 0 Å². The van der Waals surface area contributed by atoms with E-state index < -0.39 is 23.1 Å². The Morgan fingerprint density at radius 2 is 1.96 bits per heavy atom. The van der Waals surface area contributed by atoms with Crippen LogP contribution < -0.4 is 11.2 Å². The fourth-order valence-corrected chi connectivity index (χ4v) is 3.26. The van der Waals surface area contributed by atoms with E-state index in [0.717, 1.165) is 23.3 Å². The number of alkyl halides is 3. The first-order valence-electron chi connectivity index (χ1n) is 6.96. The molecule has 0 fully saturated rings. The van der Waals surface area contributed by atoms with E-state index >= 15 is 0 Å². The molecule has 0 unspecified atom stereocenters. The molecule has 0 aliphatic rings. The van der Waals surface area contributed by atoms with Crippen LogP contribution in [-0.2, 0) is 24.4 Å². The highest BCUT2D eigenvalue weighted by Gasteiger charge is 2.35. The highest BCUT2D eigenvalue weighted by molar-refractivity contribution is 7.13. The molecule has 10 heteroatoms. The number of aromatic nitrogens is 3. The number of nitrogens with zero attached hydrogens (tertiary/aromatic N) is 3. The van der Waals surface area contributed by atoms with Crippen LogP contribution in [0, 0.1) is 0 Å². The number of aldehydes is 1. The van der Waals surface area contributed by atoms with Crippen molar-refractivity contribution in [2.24, 2.45) is 7.05 Å². The van der Waals surface area contributed by atoms with E-state index in [0.29, 0.717) is 32.6 Å². The van der Waals surface area contributed by atoms with Crippen LogP contribution in [0.4, 0.5) is 13.2 Å². The van der Waals surface area contributed by atoms with Gasteiger partial charge >= 0.3 is 11.9 Å². The first-order chi connectivity index (χ1) is 11.7. The van der Waals surface area contributed by atoms with Gasteiger partial charge in [0.1, 0.15) is 12.0 Å². The largest absolute Gasteiger partial charge is 0.431 e. The molecule has 0 N–H and O–H groups in total. The van der Waals surface area contributed by atoms with E-state index in [-0.39, 0.29) is 12.1 Å². The maximum Gasteiger partial charge on any atom is 0.431 e. The summed E-state index contributed by atoms with van der Waals surface area (Å²) in [5, 5.41) is 0.573. The third-order valence-corrected chi connectivity index (χ3v) is 4.54. The van der Waals surface area contributed by atoms with Crippen molar-refractivity contribution in [3.8, 4) is 5.69 Å². The first kappa shape index (κ1) is 17.1. The molecular weight excluding hydrogens is 359 g/mol. The summed E-state index contributed by atoms with van der Waals surface area (Å²) >= 11 is 1.15. The Bertz CT molecular complexity index is 1100. The molecule has 0 atom stereocenters. The second-order valence-electron chi connectivity index (χ2n) is 5.22. The van der Waals surface area contributed by atoms with Gasteiger partial charge in [-0.2, -0.15) is 17.5 Å². The average molecular weight is 369 g/mol. The van der Waals surface area contributed by atoms with Gasteiger partial charge in [-0.05, 0) is 29.7 Å². The third-order valence-electron chi connectivity index (χ3n) is 3.67. The van der Waals surface area contributed by atoms with Crippen LogP contribution in [-0.4, -0.2) is 19.8 Å². The minimum atomic E-state index is -4.81. The third kappa shape index (κ3) is 2.88. The second kappa shape index (κ2) is 5.96. The molecule has 0 amide bonds. The van der Waals surface area contributed by atoms with Crippen molar-refractivity contribution >= 4 is 27.9 Å². The summed E-state index contributed by atoms with van der Waals surface area (Å²) in [6.07, 6.45) is -4.08. The molecular formula is C15H10F3N3O3S. The van der Waals surface area contributed by atoms with Gasteiger partial charge in [0.2, 0.25) is 0 Å². The molecule has 0 spiro atoms. The predicted molar refractivity (Wildman–Crippen MR) is 85.2 cm³/mol. The molecule has 0 aliphatic heterocycles. The minimum Gasteiger partial charge on any atom is -0.303 e. The Hall–Kier alpha value is -2.75. The van der Waals surface area contributed by atoms with E-state index in [4.69, 9.17) is 0 Å². The standard InChI is InChI=1S/C15H10F3N3O3S/c1-20-12(15(16,17)18)7-13(23)21(14(20)24)8-2-3-11-9(6-8)10(4-5-22)19-25-11/h2-3,5-7H,4H2,1H3. The first-order valence-corrected chi connectivity index (χ1v) is 7.74. The summed E-state index contributed by atoms with van der Waals surface area (Å²) < 4.78 is 44.6. The van der Waals surface area contributed by atoms with Gasteiger partial charge in [0, 0.05) is 24.9 Å². The zero-order valence-corrected chi connectivity index (χ0v) is 13.5. The molecule has 3 aromatic rings. The molecule has 130 valence electrons. The Balaban J connectivity index is 2.27. The van der Waals surface area contributed by atoms with Crippen LogP contribution in [0.1, 0.15) is 11.4 Å². The van der Waals surface area contributed by atoms with Crippen molar-refractivity contribution in [2.45, 2.75) is 12.6 Å². The fraction of sp³-hybridized carbons (Fsp3) is 0.200. The lowest BCUT2D eigenvalue weighted by Crippen LogP contribution is -2.40. The summed E-state index contributed by atoms with van der Waals surface area (Å²) in [4.78, 5) is 35.1. The van der Waals surface area contributed by atoms with Gasteiger partial charge in [-0.15, -0.1) is 0 Å². The van der Waals surface area contributed by atoms with Gasteiger partial charge < -0.3 is 4.79 Å². The smallest absolute Gasteiger partial charge is 0.303 e. The molecule has 1 aromatic carbocycles. The molecule has 0 radical (unpaired) electrons. The molecule has 6 nitrogen and oxygen atoms in total. The average Bonchev–Trinajstić information content (AvgIpc) is 2.93. The van der Waals surface area contributed by atoms with Crippen LogP contribution in [0.15, 0.2) is 33.9 Å². The molecule has 3 rings (SSSR count). The SMILES string of the molecule is Cn1c(C(F)(F)F)cc(=O)n(-c2ccc3snc(CC=O)c3c2)c1=O. The van der Waals surface area contributed by atoms with Gasteiger partial charge in [0.05, 0.1) is 16.1 Å². The quantitative estimate of drug-likeness (QED) is 0.661. The normalized spacial score (nSPS) is 11.8. The van der Waals surface area contributed by atoms with Gasteiger partial charge in [0.25, 0.3) is 5.56 Å². The summed E-state index contributed by atoms with van der Waals surface area (Å²) in [5.41, 5.74) is -2.93. The predicted octanol–water partition coefficient (Wildman–Crippen LogP) is 1.91. The number of carbonyl (C=O) groups is 1. The maximum atomic E-state index is 12.9. The number of carbonyl (C=O) groups excluding carboxylic acids is 1. The molecule has 0 saturated carbocycles. The zero-order chi connectivity index (χ0) is 18.4. The van der Waals surface area contributed by atoms with Crippen LogP contribution >= 0.6 is 11.5 Å². The molecule has 2 aromatic heterocycles. The topological polar surface area (TPSA) is 74.0 Å². The second-order valence-corrected chi connectivity index (χ2v) is 6.03. The van der Waals surface area contributed by atoms with Crippen molar-refractivity contribution in [3.63, 3.8) is 0 Å². The number of hydrogen-bond donors (Lipinski definition) is 0. The van der Waals surface area contributed by atoms with Crippen LogP contribution in [0.2, 0.25) is 0 Å². The van der Waals surface area contributed by atoms with Gasteiger partial charge in [-0.3, -0.25) is 9.36 Å². The number of fused-ring (bicyclic) bond motifs is 1. The molecule has 0 saturated heterocycles. The van der Waals surface area contributed by atoms with Crippen LogP contribution in [0.25, 0.3) is 15.8 Å². The zero-order valence-electron chi connectivity index (χ0n) is 12.7. The summed E-state index contributed by atoms with van der Waals surface area (Å²) in [7, 11) is 0.948. The van der Waals surface area contributed by atoms with Crippen molar-refractivity contribution in [2.75, 3.05) is 0 Å². The van der Waals surface area contributed by atoms with Crippen molar-refractivity contribution in [3.05, 3.63) is 56.5 Å². The van der Waals surface area contributed by atoms with E-state index in [2.05, 4.69) is 4.37 Å². The maximum absolute atomic E-state index is 12.9. The Morgan fingerprint density at radius 1 is 1.24 bits per heavy atom. The Kier molecular flexibility index (Phi) is 4.07. The number of hydrogen-bond acceptors (Lipinski definition) is 5. The number of benzene rings is 1. The Morgan fingerprint density at radius 3 is 2.60 bits per heavy atom. The number of halogens is 3. The molecule has 0 bridgehead atoms. The van der Waals surface area contributed by atoms with E-state index in [9.17, 15) is 27.6 Å². The lowest BCUT2D eigenvalue weighted by Gasteiger charge is -2.14. The molecule has 25 heavy (non-hydrogen) atoms. The Labute approximate surface area is 141 Å². The molecule has 0 aliphatic carbocycles. The van der Waals surface area contributed by atoms with Crippen LogP contribution in [0.3, 0.4) is 0 Å². The lowest BCUT2D eigenvalue weighted by molar-refractivity contribution is -0.144. The fourth-order valence-electron chi connectivity index (χ4n) is 2.48. The monoisotopic (exact) mass is 369 g/mol. The van der Waals surface area contributed by atoms with Gasteiger partial charge in [0.15, 0.2) is 0 Å². The minimum absolute atomic E-state index is 0.0589. The lowest BCUT2D eigenvalue weighted by atomic mass is 10.1. The highest BCUT2D eigenvalue weighted by Crippen LogP contribution is 2.27. The molecule has 2 heterocycles. The highest BCUT2D eigenvalue weighted by atomic mass is 32.1. The van der Waals surface area contributed by atoms with Crippen molar-refractivity contribution in [1.82, 2.24) is 13.5 Å². The summed E-state index contributed by atoms with van der Waals surface area (Å²) in [5.74, 6) is 0. The van der Waals surface area contributed by atoms with E-state index in [1.54, 1.807) is 6.07 Å². The van der Waals surface area contributed by atoms with Gasteiger partial charge in [-0.1, -0.05) is 0 Å². The summed E-state index contributed by atoms with van der Waals surface area (Å²) in [6.45, 7) is 0. The van der Waals surface area contributed by atoms with Crippen LogP contribution in [0.5, 0.6) is 0 Å². The number of rotatable bonds is 3. The summed E-state index contributed by atoms with van der Waals surface area (Å²) in [6, 6.07) is 4.89.